The molecule has 0 unspecified atom stereocenters. The highest BCUT2D eigenvalue weighted by molar-refractivity contribution is 6.34. The van der Waals surface area contributed by atoms with E-state index < -0.39 is 11.7 Å². The van der Waals surface area contributed by atoms with Crippen molar-refractivity contribution in [2.75, 3.05) is 0 Å². The van der Waals surface area contributed by atoms with Crippen molar-refractivity contribution in [2.24, 2.45) is 0 Å². The molecule has 0 N–H and O–H groups in total. The fourth-order valence-electron chi connectivity index (χ4n) is 1.71. The molecule has 0 amide bonds. The minimum atomic E-state index is -4.31. The zero-order chi connectivity index (χ0) is 13.3. The quantitative estimate of drug-likeness (QED) is 0.657. The smallest absolute Gasteiger partial charge is 0.166 e. The number of benzene rings is 2. The average Bonchev–Trinajstić information content (AvgIpc) is 2.32. The van der Waals surface area contributed by atoms with Gasteiger partial charge in [0, 0.05) is 5.56 Å². The van der Waals surface area contributed by atoms with Gasteiger partial charge in [-0.2, -0.15) is 13.2 Å². The van der Waals surface area contributed by atoms with Gasteiger partial charge in [-0.05, 0) is 30.2 Å². The molecule has 0 radical (unpaired) electrons. The van der Waals surface area contributed by atoms with Gasteiger partial charge in [0.25, 0.3) is 0 Å². The molecule has 18 heavy (non-hydrogen) atoms. The molecule has 0 saturated heterocycles. The van der Waals surface area contributed by atoms with E-state index in [0.717, 1.165) is 23.3 Å². The highest BCUT2D eigenvalue weighted by Crippen LogP contribution is 2.33. The Hall–Kier alpha value is -1.48. The van der Waals surface area contributed by atoms with Crippen molar-refractivity contribution in [1.82, 2.24) is 0 Å². The Bertz CT molecular complexity index is 556. The summed E-state index contributed by atoms with van der Waals surface area (Å²) in [6.07, 6.45) is -4.31. The normalized spacial score (nSPS) is 11.6. The van der Waals surface area contributed by atoms with Gasteiger partial charge >= 0.3 is 6.18 Å². The summed E-state index contributed by atoms with van der Waals surface area (Å²) in [5.41, 5.74) is 1.66. The molecule has 0 aliphatic heterocycles. The van der Waals surface area contributed by atoms with Crippen molar-refractivity contribution in [3.8, 4) is 11.1 Å². The lowest BCUT2D eigenvalue weighted by molar-refractivity contribution is -0.137. The van der Waals surface area contributed by atoms with Crippen LogP contribution in [0, 0.1) is 6.92 Å². The van der Waals surface area contributed by atoms with E-state index in [2.05, 4.69) is 0 Å². The molecule has 94 valence electrons. The summed E-state index contributed by atoms with van der Waals surface area (Å²) in [7, 11) is 0. The molecule has 0 atom stereocenters. The molecular weight excluding hydrogens is 261 g/mol. The zero-order valence-electron chi connectivity index (χ0n) is 9.55. The Labute approximate surface area is 108 Å². The predicted octanol–water partition coefficient (Wildman–Crippen LogP) is 5.33. The Kier molecular flexibility index (Phi) is 3.35. The Balaban J connectivity index is 2.44. The molecule has 0 aliphatic rings. The molecule has 4 heteroatoms. The van der Waals surface area contributed by atoms with Crippen molar-refractivity contribution in [3.05, 3.63) is 58.6 Å². The standard InChI is InChI=1S/C14H10ClF3/c1-9-3-2-4-12(13(9)15)10-5-7-11(8-6-10)14(16,17)18/h2-8H,1H3. The van der Waals surface area contributed by atoms with Gasteiger partial charge in [0.1, 0.15) is 0 Å². The van der Waals surface area contributed by atoms with Crippen molar-refractivity contribution in [3.63, 3.8) is 0 Å². The van der Waals surface area contributed by atoms with Crippen LogP contribution in [0.1, 0.15) is 11.1 Å². The highest BCUT2D eigenvalue weighted by atomic mass is 35.5. The number of halogens is 4. The van der Waals surface area contributed by atoms with Gasteiger partial charge in [0.05, 0.1) is 10.6 Å². The topological polar surface area (TPSA) is 0 Å². The maximum absolute atomic E-state index is 12.4. The van der Waals surface area contributed by atoms with E-state index in [1.165, 1.54) is 12.1 Å². The summed E-state index contributed by atoms with van der Waals surface area (Å²) in [6.45, 7) is 1.86. The second-order valence-corrected chi connectivity index (χ2v) is 4.39. The fraction of sp³-hybridized carbons (Fsp3) is 0.143. The SMILES string of the molecule is Cc1cccc(-c2ccc(C(F)(F)F)cc2)c1Cl. The van der Waals surface area contributed by atoms with Gasteiger partial charge in [-0.15, -0.1) is 0 Å². The molecule has 2 aromatic rings. The lowest BCUT2D eigenvalue weighted by Crippen LogP contribution is -2.04. The van der Waals surface area contributed by atoms with E-state index in [0.29, 0.717) is 10.6 Å². The molecule has 0 nitrogen and oxygen atoms in total. The summed E-state index contributed by atoms with van der Waals surface area (Å²) in [5, 5.41) is 0.567. The molecule has 0 saturated carbocycles. The van der Waals surface area contributed by atoms with Crippen molar-refractivity contribution < 1.29 is 13.2 Å². The third kappa shape index (κ3) is 2.51. The fourth-order valence-corrected chi connectivity index (χ4v) is 1.94. The Morgan fingerprint density at radius 2 is 1.56 bits per heavy atom. The van der Waals surface area contributed by atoms with E-state index in [1.807, 2.05) is 19.1 Å². The molecule has 0 fully saturated rings. The average molecular weight is 271 g/mol. The molecule has 2 rings (SSSR count). The van der Waals surface area contributed by atoms with Crippen LogP contribution >= 0.6 is 11.6 Å². The minimum absolute atomic E-state index is 0.567. The van der Waals surface area contributed by atoms with Crippen LogP contribution in [0.4, 0.5) is 13.2 Å². The molecule has 0 aromatic heterocycles. The van der Waals surface area contributed by atoms with E-state index in [9.17, 15) is 13.2 Å². The van der Waals surface area contributed by atoms with Gasteiger partial charge in [0.15, 0.2) is 0 Å². The van der Waals surface area contributed by atoms with E-state index in [1.54, 1.807) is 6.07 Å². The summed E-state index contributed by atoms with van der Waals surface area (Å²) >= 11 is 6.14. The summed E-state index contributed by atoms with van der Waals surface area (Å²) in [4.78, 5) is 0. The first-order valence-corrected chi connectivity index (χ1v) is 5.70. The van der Waals surface area contributed by atoms with Gasteiger partial charge in [-0.3, -0.25) is 0 Å². The molecular formula is C14H10ClF3. The van der Waals surface area contributed by atoms with Crippen molar-refractivity contribution in [2.45, 2.75) is 13.1 Å². The van der Waals surface area contributed by atoms with Gasteiger partial charge in [-0.1, -0.05) is 41.9 Å². The van der Waals surface area contributed by atoms with Crippen LogP contribution in [0.25, 0.3) is 11.1 Å². The van der Waals surface area contributed by atoms with Crippen molar-refractivity contribution in [1.29, 1.82) is 0 Å². The first-order chi connectivity index (χ1) is 8.39. The number of aryl methyl sites for hydroxylation is 1. The number of hydrogen-bond donors (Lipinski definition) is 0. The van der Waals surface area contributed by atoms with Gasteiger partial charge in [-0.25, -0.2) is 0 Å². The molecule has 2 aromatic carbocycles. The minimum Gasteiger partial charge on any atom is -0.166 e. The van der Waals surface area contributed by atoms with Crippen LogP contribution in [0.15, 0.2) is 42.5 Å². The zero-order valence-corrected chi connectivity index (χ0v) is 10.3. The van der Waals surface area contributed by atoms with Crippen LogP contribution in [-0.2, 0) is 6.18 Å². The maximum Gasteiger partial charge on any atom is 0.416 e. The van der Waals surface area contributed by atoms with Gasteiger partial charge in [0.2, 0.25) is 0 Å². The first-order valence-electron chi connectivity index (χ1n) is 5.32. The van der Waals surface area contributed by atoms with Crippen LogP contribution in [-0.4, -0.2) is 0 Å². The van der Waals surface area contributed by atoms with Crippen LogP contribution in [0.5, 0.6) is 0 Å². The second-order valence-electron chi connectivity index (χ2n) is 4.01. The maximum atomic E-state index is 12.4. The first kappa shape index (κ1) is 13.0. The second kappa shape index (κ2) is 4.65. The van der Waals surface area contributed by atoms with E-state index >= 15 is 0 Å². The monoisotopic (exact) mass is 270 g/mol. The number of rotatable bonds is 1. The summed E-state index contributed by atoms with van der Waals surface area (Å²) in [5.74, 6) is 0. The lowest BCUT2D eigenvalue weighted by atomic mass is 10.0. The lowest BCUT2D eigenvalue weighted by Gasteiger charge is -2.09. The Morgan fingerprint density at radius 1 is 0.944 bits per heavy atom. The van der Waals surface area contributed by atoms with Crippen molar-refractivity contribution >= 4 is 11.6 Å². The highest BCUT2D eigenvalue weighted by Gasteiger charge is 2.30. The number of hydrogen-bond acceptors (Lipinski definition) is 0. The van der Waals surface area contributed by atoms with E-state index in [4.69, 9.17) is 11.6 Å². The predicted molar refractivity (Wildman–Crippen MR) is 66.6 cm³/mol. The molecule has 0 spiro atoms. The summed E-state index contributed by atoms with van der Waals surface area (Å²) in [6, 6.07) is 10.5. The van der Waals surface area contributed by atoms with Crippen LogP contribution < -0.4 is 0 Å². The van der Waals surface area contributed by atoms with Crippen LogP contribution in [0.3, 0.4) is 0 Å². The summed E-state index contributed by atoms with van der Waals surface area (Å²) < 4.78 is 37.3. The third-order valence-electron chi connectivity index (χ3n) is 2.72. The third-order valence-corrected chi connectivity index (χ3v) is 3.22. The van der Waals surface area contributed by atoms with Crippen LogP contribution in [0.2, 0.25) is 5.02 Å². The largest absolute Gasteiger partial charge is 0.416 e. The number of alkyl halides is 3. The Morgan fingerprint density at radius 3 is 2.11 bits per heavy atom. The molecule has 0 bridgehead atoms. The van der Waals surface area contributed by atoms with E-state index in [-0.39, 0.29) is 0 Å². The molecule has 0 heterocycles. The molecule has 0 aliphatic carbocycles. The van der Waals surface area contributed by atoms with Gasteiger partial charge < -0.3 is 0 Å².